The second-order valence-corrected chi connectivity index (χ2v) is 8.10. The summed E-state index contributed by atoms with van der Waals surface area (Å²) in [7, 11) is -9.73. The van der Waals surface area contributed by atoms with E-state index in [9.17, 15) is 26.4 Å². The van der Waals surface area contributed by atoms with Gasteiger partial charge in [0, 0.05) is 6.54 Å². The predicted octanol–water partition coefficient (Wildman–Crippen LogP) is -0.838. The molecule has 142 valence electrons. The van der Waals surface area contributed by atoms with Crippen LogP contribution in [0.5, 0.6) is 0 Å². The molecule has 3 atom stereocenters. The molecule has 1 aromatic rings. The normalized spacial score (nSPS) is 24.2. The van der Waals surface area contributed by atoms with Gasteiger partial charge in [-0.25, -0.2) is 8.49 Å². The lowest BCUT2D eigenvalue weighted by atomic mass is 9.99. The molecule has 2 amide bonds. The van der Waals surface area contributed by atoms with Gasteiger partial charge in [0.05, 0.1) is 6.04 Å². The van der Waals surface area contributed by atoms with E-state index >= 15 is 0 Å². The van der Waals surface area contributed by atoms with E-state index in [1.165, 1.54) is 24.3 Å². The summed E-state index contributed by atoms with van der Waals surface area (Å²) in [5.74, 6) is -1.92. The first-order valence-corrected chi connectivity index (χ1v) is 10.1. The number of amides is 2. The van der Waals surface area contributed by atoms with Crippen molar-refractivity contribution >= 4 is 32.5 Å². The van der Waals surface area contributed by atoms with Gasteiger partial charge in [0.1, 0.15) is 6.04 Å². The Bertz CT molecular complexity index is 945. The number of β-lactam (4-membered cyclic amide) rings is 1. The largest absolute Gasteiger partial charge is 0.398 e. The molecule has 0 unspecified atom stereocenters. The molecular weight excluding hydrogens is 392 g/mol. The van der Waals surface area contributed by atoms with Crippen LogP contribution in [0.25, 0.3) is 0 Å². The Balaban J connectivity index is 1.88. The Morgan fingerprint density at radius 3 is 2.31 bits per heavy atom. The standard InChI is InChI=1S/C13H14N2O9S2/c16-12-10-9(15(12)25(18,19)20)6-7-14(10)13(17)11(24-26(21,22)23)8-4-2-1-3-5-8/h1-5,9-11H,6-7H2,(H,18,19,20)(H,21,22,23)/t9-,10+,11-/m1/s1. The number of hydrogen-bond acceptors (Lipinski definition) is 7. The van der Waals surface area contributed by atoms with Crippen LogP contribution in [0, 0.1) is 0 Å². The topological polar surface area (TPSA) is 159 Å². The molecule has 2 heterocycles. The summed E-state index contributed by atoms with van der Waals surface area (Å²) in [5.41, 5.74) is 0.122. The summed E-state index contributed by atoms with van der Waals surface area (Å²) in [4.78, 5) is 25.8. The average Bonchev–Trinajstić information content (AvgIpc) is 2.89. The van der Waals surface area contributed by atoms with E-state index in [1.54, 1.807) is 6.07 Å². The highest BCUT2D eigenvalue weighted by Gasteiger charge is 2.60. The number of rotatable bonds is 5. The van der Waals surface area contributed by atoms with Crippen LogP contribution in [0.3, 0.4) is 0 Å². The van der Waals surface area contributed by atoms with E-state index in [1.807, 2.05) is 0 Å². The van der Waals surface area contributed by atoms with Crippen LogP contribution < -0.4 is 0 Å². The molecule has 0 aromatic heterocycles. The fraction of sp³-hybridized carbons (Fsp3) is 0.385. The maximum atomic E-state index is 12.8. The molecule has 0 bridgehead atoms. The number of likely N-dealkylation sites (tertiary alicyclic amines) is 1. The lowest BCUT2D eigenvalue weighted by molar-refractivity contribution is -0.155. The van der Waals surface area contributed by atoms with Gasteiger partial charge in [0.15, 0.2) is 6.10 Å². The van der Waals surface area contributed by atoms with Crippen molar-refractivity contribution in [2.24, 2.45) is 0 Å². The van der Waals surface area contributed by atoms with Crippen LogP contribution >= 0.6 is 0 Å². The smallest absolute Gasteiger partial charge is 0.326 e. The number of nitrogens with zero attached hydrogens (tertiary/aromatic N) is 2. The fourth-order valence-electron chi connectivity index (χ4n) is 3.20. The summed E-state index contributed by atoms with van der Waals surface area (Å²) < 4.78 is 67.4. The van der Waals surface area contributed by atoms with Crippen LogP contribution in [0.4, 0.5) is 0 Å². The molecule has 2 fully saturated rings. The third kappa shape index (κ3) is 3.31. The Morgan fingerprint density at radius 1 is 1.15 bits per heavy atom. The SMILES string of the molecule is O=C([C@H](OS(=O)(=O)O)c1ccccc1)N1CC[C@@H]2[C@H]1C(=O)N2S(=O)(=O)O. The van der Waals surface area contributed by atoms with Crippen molar-refractivity contribution in [1.82, 2.24) is 9.21 Å². The van der Waals surface area contributed by atoms with Gasteiger partial charge in [-0.2, -0.15) is 16.8 Å². The van der Waals surface area contributed by atoms with Crippen molar-refractivity contribution in [3.05, 3.63) is 35.9 Å². The second kappa shape index (κ2) is 6.28. The first-order chi connectivity index (χ1) is 12.0. The van der Waals surface area contributed by atoms with Crippen molar-refractivity contribution in [3.8, 4) is 0 Å². The highest BCUT2D eigenvalue weighted by atomic mass is 32.3. The van der Waals surface area contributed by atoms with E-state index < -0.39 is 50.7 Å². The van der Waals surface area contributed by atoms with Gasteiger partial charge < -0.3 is 4.90 Å². The first-order valence-electron chi connectivity index (χ1n) is 7.32. The minimum absolute atomic E-state index is 0.0515. The highest BCUT2D eigenvalue weighted by Crippen LogP contribution is 2.37. The molecule has 2 aliphatic rings. The van der Waals surface area contributed by atoms with E-state index in [0.29, 0.717) is 0 Å². The molecule has 0 spiro atoms. The van der Waals surface area contributed by atoms with Gasteiger partial charge in [-0.1, -0.05) is 30.3 Å². The zero-order valence-electron chi connectivity index (χ0n) is 13.0. The molecule has 0 radical (unpaired) electrons. The molecule has 1 aromatic carbocycles. The van der Waals surface area contributed by atoms with E-state index in [-0.39, 0.29) is 22.8 Å². The molecule has 2 aliphatic heterocycles. The third-order valence-corrected chi connectivity index (χ3v) is 5.60. The molecule has 0 aliphatic carbocycles. The maximum absolute atomic E-state index is 12.8. The van der Waals surface area contributed by atoms with Gasteiger partial charge in [0.25, 0.3) is 11.8 Å². The maximum Gasteiger partial charge on any atom is 0.398 e. The van der Waals surface area contributed by atoms with Crippen molar-refractivity contribution in [2.75, 3.05) is 6.54 Å². The van der Waals surface area contributed by atoms with Gasteiger partial charge in [-0.3, -0.25) is 18.7 Å². The number of hydrogen-bond donors (Lipinski definition) is 2. The van der Waals surface area contributed by atoms with Crippen LogP contribution in [0.15, 0.2) is 30.3 Å². The second-order valence-electron chi connectivity index (χ2n) is 5.76. The number of fused-ring (bicyclic) bond motifs is 1. The molecule has 2 saturated heterocycles. The summed E-state index contributed by atoms with van der Waals surface area (Å²) in [6.07, 6.45) is -1.66. The summed E-state index contributed by atoms with van der Waals surface area (Å²) in [6.45, 7) is -0.0515. The van der Waals surface area contributed by atoms with Crippen molar-refractivity contribution in [1.29, 1.82) is 0 Å². The minimum Gasteiger partial charge on any atom is -0.326 e. The molecule has 13 heteroatoms. The number of benzene rings is 1. The Morgan fingerprint density at radius 2 is 1.77 bits per heavy atom. The average molecular weight is 406 g/mol. The summed E-state index contributed by atoms with van der Waals surface area (Å²) >= 11 is 0. The van der Waals surface area contributed by atoms with E-state index in [0.717, 1.165) is 4.90 Å². The van der Waals surface area contributed by atoms with Crippen molar-refractivity contribution in [3.63, 3.8) is 0 Å². The Kier molecular flexibility index (Phi) is 4.52. The zero-order valence-corrected chi connectivity index (χ0v) is 14.6. The van der Waals surface area contributed by atoms with Crippen LogP contribution in [0.2, 0.25) is 0 Å². The lowest BCUT2D eigenvalue weighted by Gasteiger charge is -2.42. The lowest BCUT2D eigenvalue weighted by Crippen LogP contribution is -2.68. The Hall–Kier alpha value is -2.06. The molecular formula is C13H14N2O9S2. The molecule has 0 saturated carbocycles. The van der Waals surface area contributed by atoms with Gasteiger partial charge in [0.2, 0.25) is 0 Å². The van der Waals surface area contributed by atoms with Crippen LogP contribution in [0.1, 0.15) is 18.1 Å². The van der Waals surface area contributed by atoms with Gasteiger partial charge in [-0.15, -0.1) is 0 Å². The van der Waals surface area contributed by atoms with Crippen molar-refractivity contribution in [2.45, 2.75) is 24.6 Å². The Labute approximate surface area is 149 Å². The third-order valence-electron chi connectivity index (χ3n) is 4.21. The fourth-order valence-corrected chi connectivity index (χ4v) is 4.54. The number of carbonyl (C=O) groups excluding carboxylic acids is 2. The molecule has 3 rings (SSSR count). The first kappa shape index (κ1) is 18.7. The van der Waals surface area contributed by atoms with Gasteiger partial charge in [-0.05, 0) is 12.0 Å². The molecule has 26 heavy (non-hydrogen) atoms. The molecule has 11 nitrogen and oxygen atoms in total. The highest BCUT2D eigenvalue weighted by molar-refractivity contribution is 7.84. The summed E-state index contributed by atoms with van der Waals surface area (Å²) in [6, 6.07) is 5.37. The van der Waals surface area contributed by atoms with Crippen LogP contribution in [-0.2, 0) is 34.5 Å². The monoisotopic (exact) mass is 406 g/mol. The van der Waals surface area contributed by atoms with E-state index in [4.69, 9.17) is 9.11 Å². The van der Waals surface area contributed by atoms with Gasteiger partial charge >= 0.3 is 20.7 Å². The van der Waals surface area contributed by atoms with Crippen LogP contribution in [-0.4, -0.2) is 65.6 Å². The number of carbonyl (C=O) groups is 2. The van der Waals surface area contributed by atoms with E-state index in [2.05, 4.69) is 4.18 Å². The van der Waals surface area contributed by atoms with Crippen molar-refractivity contribution < 1.29 is 39.7 Å². The molecule has 2 N–H and O–H groups in total. The predicted molar refractivity (Wildman–Crippen MR) is 84.1 cm³/mol. The quantitative estimate of drug-likeness (QED) is 0.470. The minimum atomic E-state index is -4.99. The summed E-state index contributed by atoms with van der Waals surface area (Å²) in [5, 5.41) is 0. The zero-order chi connectivity index (χ0) is 19.3.